The number of hydrogen-bond donors (Lipinski definition) is 0. The third-order valence-corrected chi connectivity index (χ3v) is 3.89. The predicted octanol–water partition coefficient (Wildman–Crippen LogP) is 4.60. The molecule has 3 rings (SSSR count). The van der Waals surface area contributed by atoms with E-state index in [1.807, 2.05) is 55.5 Å². The molecular weight excluding hydrogens is 314 g/mol. The third kappa shape index (κ3) is 3.69. The van der Waals surface area contributed by atoms with Gasteiger partial charge in [-0.3, -0.25) is 0 Å². The average molecular weight is 333 g/mol. The summed E-state index contributed by atoms with van der Waals surface area (Å²) in [5.41, 5.74) is 4.67. The van der Waals surface area contributed by atoms with E-state index in [-0.39, 0.29) is 5.97 Å². The fraction of sp³-hybridized carbons (Fsp3) is 0.143. The number of ether oxygens (including phenoxy) is 2. The summed E-state index contributed by atoms with van der Waals surface area (Å²) >= 11 is 0. The van der Waals surface area contributed by atoms with E-state index in [4.69, 9.17) is 9.47 Å². The van der Waals surface area contributed by atoms with Crippen LogP contribution in [0.1, 0.15) is 17.3 Å². The first kappa shape index (κ1) is 16.7. The summed E-state index contributed by atoms with van der Waals surface area (Å²) in [6, 6.07) is 19.4. The lowest BCUT2D eigenvalue weighted by atomic mass is 10.00. The average Bonchev–Trinajstić information content (AvgIpc) is 2.68. The summed E-state index contributed by atoms with van der Waals surface area (Å²) in [6.45, 7) is 2.52. The van der Waals surface area contributed by atoms with Gasteiger partial charge in [0.2, 0.25) is 5.88 Å². The topological polar surface area (TPSA) is 48.4 Å². The second kappa shape index (κ2) is 7.62. The molecule has 0 N–H and O–H groups in total. The van der Waals surface area contributed by atoms with Crippen LogP contribution in [0.25, 0.3) is 22.3 Å². The van der Waals surface area contributed by atoms with E-state index in [9.17, 15) is 4.79 Å². The first-order valence-electron chi connectivity index (χ1n) is 8.10. The molecule has 0 aliphatic heterocycles. The van der Waals surface area contributed by atoms with Crippen LogP contribution in [0.4, 0.5) is 0 Å². The minimum Gasteiger partial charge on any atom is -0.478 e. The fourth-order valence-corrected chi connectivity index (χ4v) is 2.62. The highest BCUT2D eigenvalue weighted by Gasteiger charge is 2.08. The second-order valence-corrected chi connectivity index (χ2v) is 5.44. The Labute approximate surface area is 147 Å². The molecule has 0 unspecified atom stereocenters. The number of rotatable bonds is 5. The molecule has 0 aliphatic carbocycles. The molecule has 0 bridgehead atoms. The van der Waals surface area contributed by atoms with E-state index >= 15 is 0 Å². The number of methoxy groups -OCH3 is 1. The molecule has 3 aromatic rings. The number of esters is 1. The maximum Gasteiger partial charge on any atom is 0.337 e. The summed E-state index contributed by atoms with van der Waals surface area (Å²) in [5, 5.41) is 0. The smallest absolute Gasteiger partial charge is 0.337 e. The van der Waals surface area contributed by atoms with Gasteiger partial charge in [0.15, 0.2) is 0 Å². The molecule has 0 atom stereocenters. The molecule has 4 heteroatoms. The van der Waals surface area contributed by atoms with Crippen LogP contribution >= 0.6 is 0 Å². The molecule has 0 amide bonds. The highest BCUT2D eigenvalue weighted by Crippen LogP contribution is 2.30. The normalized spacial score (nSPS) is 10.3. The molecule has 4 nitrogen and oxygen atoms in total. The highest BCUT2D eigenvalue weighted by molar-refractivity contribution is 5.90. The van der Waals surface area contributed by atoms with Gasteiger partial charge >= 0.3 is 5.97 Å². The van der Waals surface area contributed by atoms with Crippen molar-refractivity contribution >= 4 is 5.97 Å². The van der Waals surface area contributed by atoms with Crippen LogP contribution in [-0.4, -0.2) is 24.7 Å². The van der Waals surface area contributed by atoms with Gasteiger partial charge < -0.3 is 9.47 Å². The maximum atomic E-state index is 11.5. The Morgan fingerprint density at radius 1 is 0.920 bits per heavy atom. The zero-order valence-corrected chi connectivity index (χ0v) is 14.2. The molecule has 0 saturated carbocycles. The van der Waals surface area contributed by atoms with Crippen molar-refractivity contribution < 1.29 is 14.3 Å². The molecular formula is C21H19NO3. The number of benzene rings is 2. The minimum absolute atomic E-state index is 0.332. The molecule has 25 heavy (non-hydrogen) atoms. The zero-order chi connectivity index (χ0) is 17.6. The number of pyridine rings is 1. The van der Waals surface area contributed by atoms with Gasteiger partial charge in [-0.1, -0.05) is 36.4 Å². The molecule has 2 aromatic carbocycles. The van der Waals surface area contributed by atoms with Crippen molar-refractivity contribution in [2.24, 2.45) is 0 Å². The van der Waals surface area contributed by atoms with E-state index in [0.29, 0.717) is 18.1 Å². The van der Waals surface area contributed by atoms with Crippen molar-refractivity contribution in [3.63, 3.8) is 0 Å². The Hall–Kier alpha value is -3.14. The van der Waals surface area contributed by atoms with Gasteiger partial charge in [0.05, 0.1) is 19.3 Å². The molecule has 1 aromatic heterocycles. The number of nitrogens with zero attached hydrogens (tertiary/aromatic N) is 1. The van der Waals surface area contributed by atoms with Gasteiger partial charge in [-0.15, -0.1) is 0 Å². The second-order valence-electron chi connectivity index (χ2n) is 5.44. The van der Waals surface area contributed by atoms with Gasteiger partial charge in [-0.05, 0) is 47.9 Å². The first-order valence-corrected chi connectivity index (χ1v) is 8.10. The Morgan fingerprint density at radius 2 is 1.52 bits per heavy atom. The van der Waals surface area contributed by atoms with Crippen molar-refractivity contribution in [2.45, 2.75) is 6.92 Å². The minimum atomic E-state index is -0.332. The van der Waals surface area contributed by atoms with Gasteiger partial charge in [0.1, 0.15) is 0 Å². The largest absolute Gasteiger partial charge is 0.478 e. The SMILES string of the molecule is CCOc1ncccc1-c1ccc(-c2ccc(C(=O)OC)cc2)cc1. The lowest BCUT2D eigenvalue weighted by Gasteiger charge is -2.10. The monoisotopic (exact) mass is 333 g/mol. The van der Waals surface area contributed by atoms with E-state index in [2.05, 4.69) is 4.98 Å². The third-order valence-electron chi connectivity index (χ3n) is 3.89. The number of carbonyl (C=O) groups is 1. The summed E-state index contributed by atoms with van der Waals surface area (Å²) in [6.07, 6.45) is 1.73. The van der Waals surface area contributed by atoms with Gasteiger partial charge in [-0.2, -0.15) is 0 Å². The van der Waals surface area contributed by atoms with Crippen molar-refractivity contribution in [2.75, 3.05) is 13.7 Å². The van der Waals surface area contributed by atoms with Crippen LogP contribution < -0.4 is 4.74 Å². The van der Waals surface area contributed by atoms with E-state index in [0.717, 1.165) is 22.3 Å². The van der Waals surface area contributed by atoms with E-state index < -0.39 is 0 Å². The van der Waals surface area contributed by atoms with Gasteiger partial charge in [-0.25, -0.2) is 9.78 Å². The van der Waals surface area contributed by atoms with Crippen LogP contribution in [-0.2, 0) is 4.74 Å². The van der Waals surface area contributed by atoms with Crippen molar-refractivity contribution in [3.05, 3.63) is 72.4 Å². The number of carbonyl (C=O) groups excluding carboxylic acids is 1. The van der Waals surface area contributed by atoms with Crippen LogP contribution in [0.5, 0.6) is 5.88 Å². The number of hydrogen-bond acceptors (Lipinski definition) is 4. The summed E-state index contributed by atoms with van der Waals surface area (Å²) < 4.78 is 10.3. The molecule has 0 saturated heterocycles. The number of aromatic nitrogens is 1. The fourth-order valence-electron chi connectivity index (χ4n) is 2.62. The summed E-state index contributed by atoms with van der Waals surface area (Å²) in [7, 11) is 1.38. The molecule has 0 aliphatic rings. The molecule has 0 fully saturated rings. The predicted molar refractivity (Wildman–Crippen MR) is 97.6 cm³/mol. The van der Waals surface area contributed by atoms with Gasteiger partial charge in [0.25, 0.3) is 0 Å². The van der Waals surface area contributed by atoms with Crippen molar-refractivity contribution in [1.29, 1.82) is 0 Å². The van der Waals surface area contributed by atoms with E-state index in [1.165, 1.54) is 7.11 Å². The Bertz CT molecular complexity index is 855. The lowest BCUT2D eigenvalue weighted by Crippen LogP contribution is -2.00. The first-order chi connectivity index (χ1) is 12.2. The molecule has 0 spiro atoms. The van der Waals surface area contributed by atoms with Crippen molar-refractivity contribution in [3.8, 4) is 28.1 Å². The van der Waals surface area contributed by atoms with Crippen molar-refractivity contribution in [1.82, 2.24) is 4.98 Å². The zero-order valence-electron chi connectivity index (χ0n) is 14.2. The van der Waals surface area contributed by atoms with Crippen LogP contribution in [0.3, 0.4) is 0 Å². The van der Waals surface area contributed by atoms with Crippen LogP contribution in [0.2, 0.25) is 0 Å². The quantitative estimate of drug-likeness (QED) is 0.640. The van der Waals surface area contributed by atoms with Crippen LogP contribution in [0, 0.1) is 0 Å². The molecule has 0 radical (unpaired) electrons. The maximum absolute atomic E-state index is 11.5. The summed E-state index contributed by atoms with van der Waals surface area (Å²) in [5.74, 6) is 0.308. The molecule has 1 heterocycles. The highest BCUT2D eigenvalue weighted by atomic mass is 16.5. The Balaban J connectivity index is 1.87. The Kier molecular flexibility index (Phi) is 5.09. The summed E-state index contributed by atoms with van der Waals surface area (Å²) in [4.78, 5) is 15.8. The van der Waals surface area contributed by atoms with E-state index in [1.54, 1.807) is 18.3 Å². The van der Waals surface area contributed by atoms with Gasteiger partial charge in [0, 0.05) is 11.8 Å². The molecule has 126 valence electrons. The standard InChI is InChI=1S/C21H19NO3/c1-3-25-20-19(5-4-14-22-20)17-10-6-15(7-11-17)16-8-12-18(13-9-16)21(23)24-2/h4-14H,3H2,1-2H3. The lowest BCUT2D eigenvalue weighted by molar-refractivity contribution is 0.0601. The van der Waals surface area contributed by atoms with Crippen LogP contribution in [0.15, 0.2) is 66.9 Å². The Morgan fingerprint density at radius 3 is 2.12 bits per heavy atom.